The molecule has 1 aliphatic rings. The standard InChI is InChI=1S/C13H21N3O2S/c1-16(2)8-4-3-7-14-13-15-11-9(12(17)18)5-6-10(11)19-13/h9H,3-8H2,1-2H3,(H,14,15)(H,17,18). The summed E-state index contributed by atoms with van der Waals surface area (Å²) < 4.78 is 0. The summed E-state index contributed by atoms with van der Waals surface area (Å²) in [5, 5.41) is 13.3. The number of carboxylic acids is 1. The van der Waals surface area contributed by atoms with Gasteiger partial charge in [0.1, 0.15) is 5.92 Å². The summed E-state index contributed by atoms with van der Waals surface area (Å²) in [7, 11) is 4.15. The fourth-order valence-electron chi connectivity index (χ4n) is 2.29. The van der Waals surface area contributed by atoms with E-state index < -0.39 is 11.9 Å². The van der Waals surface area contributed by atoms with Crippen LogP contribution in [0.5, 0.6) is 0 Å². The lowest BCUT2D eigenvalue weighted by atomic mass is 10.1. The molecule has 0 aromatic carbocycles. The molecule has 2 rings (SSSR count). The van der Waals surface area contributed by atoms with Gasteiger partial charge in [-0.05, 0) is 46.3 Å². The van der Waals surface area contributed by atoms with E-state index in [9.17, 15) is 4.79 Å². The number of fused-ring (bicyclic) bond motifs is 1. The van der Waals surface area contributed by atoms with Gasteiger partial charge in [-0.25, -0.2) is 4.98 Å². The summed E-state index contributed by atoms with van der Waals surface area (Å²) in [4.78, 5) is 18.8. The smallest absolute Gasteiger partial charge is 0.312 e. The predicted molar refractivity (Wildman–Crippen MR) is 77.1 cm³/mol. The Hall–Kier alpha value is -1.14. The number of rotatable bonds is 7. The summed E-state index contributed by atoms with van der Waals surface area (Å²) in [6.07, 6.45) is 3.81. The molecule has 0 radical (unpaired) electrons. The lowest BCUT2D eigenvalue weighted by Gasteiger charge is -2.09. The number of aryl methyl sites for hydroxylation is 1. The minimum Gasteiger partial charge on any atom is -0.481 e. The Morgan fingerprint density at radius 2 is 2.32 bits per heavy atom. The van der Waals surface area contributed by atoms with Crippen LogP contribution in [0.1, 0.15) is 35.8 Å². The maximum Gasteiger partial charge on any atom is 0.312 e. The Kier molecular flexibility index (Phi) is 4.76. The van der Waals surface area contributed by atoms with Gasteiger partial charge in [-0.15, -0.1) is 11.3 Å². The van der Waals surface area contributed by atoms with Gasteiger partial charge < -0.3 is 15.3 Å². The molecule has 1 heterocycles. The van der Waals surface area contributed by atoms with Crippen LogP contribution in [0.4, 0.5) is 5.13 Å². The number of aliphatic carboxylic acids is 1. The number of aromatic nitrogens is 1. The first-order chi connectivity index (χ1) is 9.08. The largest absolute Gasteiger partial charge is 0.481 e. The topological polar surface area (TPSA) is 65.5 Å². The van der Waals surface area contributed by atoms with Gasteiger partial charge in [-0.3, -0.25) is 4.79 Å². The van der Waals surface area contributed by atoms with Crippen molar-refractivity contribution in [3.05, 3.63) is 10.6 Å². The van der Waals surface area contributed by atoms with Crippen molar-refractivity contribution in [2.75, 3.05) is 32.5 Å². The molecule has 0 amide bonds. The molecule has 6 heteroatoms. The average Bonchev–Trinajstić information content (AvgIpc) is 2.86. The zero-order chi connectivity index (χ0) is 13.8. The Bertz CT molecular complexity index is 445. The summed E-state index contributed by atoms with van der Waals surface area (Å²) in [5.41, 5.74) is 0.785. The molecule has 5 nitrogen and oxygen atoms in total. The van der Waals surface area contributed by atoms with Crippen molar-refractivity contribution in [1.82, 2.24) is 9.88 Å². The van der Waals surface area contributed by atoms with Crippen LogP contribution in [0.15, 0.2) is 0 Å². The molecule has 1 aromatic rings. The van der Waals surface area contributed by atoms with Crippen LogP contribution in [-0.2, 0) is 11.2 Å². The highest BCUT2D eigenvalue weighted by molar-refractivity contribution is 7.15. The number of carbonyl (C=O) groups is 1. The van der Waals surface area contributed by atoms with Crippen LogP contribution in [0.2, 0.25) is 0 Å². The van der Waals surface area contributed by atoms with Gasteiger partial charge in [0.25, 0.3) is 0 Å². The summed E-state index contributed by atoms with van der Waals surface area (Å²) >= 11 is 1.61. The van der Waals surface area contributed by atoms with Crippen LogP contribution in [-0.4, -0.2) is 48.1 Å². The van der Waals surface area contributed by atoms with E-state index in [2.05, 4.69) is 29.3 Å². The number of carboxylic acid groups (broad SMARTS) is 1. The van der Waals surface area contributed by atoms with Crippen LogP contribution in [0.25, 0.3) is 0 Å². The number of nitrogens with zero attached hydrogens (tertiary/aromatic N) is 2. The van der Waals surface area contributed by atoms with Crippen molar-refractivity contribution in [2.24, 2.45) is 0 Å². The van der Waals surface area contributed by atoms with E-state index in [1.165, 1.54) is 0 Å². The molecule has 1 aromatic heterocycles. The first kappa shape index (κ1) is 14.3. The number of unbranched alkanes of at least 4 members (excludes halogenated alkanes) is 1. The molecule has 0 aliphatic heterocycles. The van der Waals surface area contributed by atoms with Gasteiger partial charge in [0, 0.05) is 11.4 Å². The highest BCUT2D eigenvalue weighted by Crippen LogP contribution is 2.38. The van der Waals surface area contributed by atoms with Crippen molar-refractivity contribution >= 4 is 22.4 Å². The van der Waals surface area contributed by atoms with Crippen molar-refractivity contribution in [2.45, 2.75) is 31.6 Å². The van der Waals surface area contributed by atoms with E-state index in [0.29, 0.717) is 6.42 Å². The maximum atomic E-state index is 11.1. The highest BCUT2D eigenvalue weighted by Gasteiger charge is 2.32. The second-order valence-corrected chi connectivity index (χ2v) is 6.28. The fraction of sp³-hybridized carbons (Fsp3) is 0.692. The van der Waals surface area contributed by atoms with E-state index in [1.807, 2.05) is 0 Å². The molecule has 19 heavy (non-hydrogen) atoms. The Morgan fingerprint density at radius 3 is 3.00 bits per heavy atom. The second kappa shape index (κ2) is 6.34. The summed E-state index contributed by atoms with van der Waals surface area (Å²) in [6, 6.07) is 0. The van der Waals surface area contributed by atoms with Crippen LogP contribution in [0.3, 0.4) is 0 Å². The van der Waals surface area contributed by atoms with Gasteiger partial charge in [0.15, 0.2) is 5.13 Å². The van der Waals surface area contributed by atoms with E-state index >= 15 is 0 Å². The molecule has 0 saturated heterocycles. The van der Waals surface area contributed by atoms with Gasteiger partial charge in [-0.2, -0.15) is 0 Å². The van der Waals surface area contributed by atoms with Crippen molar-refractivity contribution in [3.8, 4) is 0 Å². The first-order valence-electron chi connectivity index (χ1n) is 6.69. The Morgan fingerprint density at radius 1 is 1.53 bits per heavy atom. The molecule has 2 N–H and O–H groups in total. The van der Waals surface area contributed by atoms with Gasteiger partial charge in [0.05, 0.1) is 5.69 Å². The molecule has 106 valence electrons. The molecule has 0 bridgehead atoms. The van der Waals surface area contributed by atoms with Gasteiger partial charge in [-0.1, -0.05) is 0 Å². The van der Waals surface area contributed by atoms with E-state index in [1.54, 1.807) is 11.3 Å². The predicted octanol–water partition coefficient (Wildman–Crippen LogP) is 2.01. The summed E-state index contributed by atoms with van der Waals surface area (Å²) in [5.74, 6) is -1.14. The van der Waals surface area contributed by atoms with E-state index in [0.717, 1.165) is 48.1 Å². The molecule has 0 fully saturated rings. The molecule has 0 spiro atoms. The highest BCUT2D eigenvalue weighted by atomic mass is 32.1. The molecule has 1 unspecified atom stereocenters. The van der Waals surface area contributed by atoms with Gasteiger partial charge in [0.2, 0.25) is 0 Å². The average molecular weight is 283 g/mol. The van der Waals surface area contributed by atoms with Crippen LogP contribution < -0.4 is 5.32 Å². The molecular formula is C13H21N3O2S. The number of anilines is 1. The monoisotopic (exact) mass is 283 g/mol. The molecule has 1 atom stereocenters. The molecule has 0 saturated carbocycles. The van der Waals surface area contributed by atoms with E-state index in [-0.39, 0.29) is 0 Å². The number of nitrogens with one attached hydrogen (secondary N) is 1. The third-order valence-corrected chi connectivity index (χ3v) is 4.41. The molecular weight excluding hydrogens is 262 g/mol. The number of hydrogen-bond donors (Lipinski definition) is 2. The van der Waals surface area contributed by atoms with Crippen molar-refractivity contribution < 1.29 is 9.90 Å². The van der Waals surface area contributed by atoms with Gasteiger partial charge >= 0.3 is 5.97 Å². The van der Waals surface area contributed by atoms with Crippen LogP contribution >= 0.6 is 11.3 Å². The normalized spacial score (nSPS) is 17.7. The van der Waals surface area contributed by atoms with Crippen molar-refractivity contribution in [3.63, 3.8) is 0 Å². The minimum atomic E-state index is -0.749. The number of thiazole rings is 1. The zero-order valence-corrected chi connectivity index (χ0v) is 12.3. The molecule has 1 aliphatic carbocycles. The minimum absolute atomic E-state index is 0.393. The zero-order valence-electron chi connectivity index (χ0n) is 11.5. The Labute approximate surface area is 117 Å². The third-order valence-electron chi connectivity index (χ3n) is 3.32. The Balaban J connectivity index is 1.80. The van der Waals surface area contributed by atoms with E-state index in [4.69, 9.17) is 5.11 Å². The lowest BCUT2D eigenvalue weighted by molar-refractivity contribution is -0.138. The maximum absolute atomic E-state index is 11.1. The third kappa shape index (κ3) is 3.67. The quantitative estimate of drug-likeness (QED) is 0.749. The van der Waals surface area contributed by atoms with Crippen LogP contribution in [0, 0.1) is 0 Å². The lowest BCUT2D eigenvalue weighted by Crippen LogP contribution is -2.14. The SMILES string of the molecule is CN(C)CCCCNc1nc2c(s1)CCC2C(=O)O. The fourth-order valence-corrected chi connectivity index (χ4v) is 3.36. The summed E-state index contributed by atoms with van der Waals surface area (Å²) in [6.45, 7) is 2.00. The number of hydrogen-bond acceptors (Lipinski definition) is 5. The second-order valence-electron chi connectivity index (χ2n) is 5.19. The first-order valence-corrected chi connectivity index (χ1v) is 7.50. The van der Waals surface area contributed by atoms with Crippen molar-refractivity contribution in [1.29, 1.82) is 0 Å².